The van der Waals surface area contributed by atoms with Gasteiger partial charge in [-0.2, -0.15) is 0 Å². The van der Waals surface area contributed by atoms with E-state index in [-0.39, 0.29) is 0 Å². The number of thiazole rings is 1. The number of piperazine rings is 1. The molecule has 0 radical (unpaired) electrons. The predicted octanol–water partition coefficient (Wildman–Crippen LogP) is 2.86. The molecule has 1 aromatic carbocycles. The number of hydrogen-bond acceptors (Lipinski definition) is 5. The molecule has 118 valence electrons. The Morgan fingerprint density at radius 2 is 1.73 bits per heavy atom. The average Bonchev–Trinajstić information content (AvgIpc) is 3.04. The summed E-state index contributed by atoms with van der Waals surface area (Å²) >= 11 is 1.68. The number of aromatic nitrogens is 1. The van der Waals surface area contributed by atoms with Crippen LogP contribution in [-0.4, -0.2) is 47.6 Å². The second-order valence-corrected chi connectivity index (χ2v) is 6.33. The largest absolute Gasteiger partial charge is 0.494 e. The topological polar surface area (TPSA) is 28.6 Å². The molecule has 0 amide bonds. The summed E-state index contributed by atoms with van der Waals surface area (Å²) in [7, 11) is 0. The maximum absolute atomic E-state index is 5.49. The van der Waals surface area contributed by atoms with Gasteiger partial charge in [-0.15, -0.1) is 11.3 Å². The molecular formula is C17H23N3OS. The fraction of sp³-hybridized carbons (Fsp3) is 0.471. The highest BCUT2D eigenvalue weighted by atomic mass is 32.1. The third-order valence-corrected chi connectivity index (χ3v) is 4.61. The van der Waals surface area contributed by atoms with Gasteiger partial charge >= 0.3 is 0 Å². The summed E-state index contributed by atoms with van der Waals surface area (Å²) in [5.74, 6) is 0.958. The molecule has 0 spiro atoms. The van der Waals surface area contributed by atoms with Crippen molar-refractivity contribution in [3.05, 3.63) is 46.4 Å². The molecule has 0 aliphatic carbocycles. The van der Waals surface area contributed by atoms with Gasteiger partial charge in [0.1, 0.15) is 5.75 Å². The van der Waals surface area contributed by atoms with E-state index in [1.807, 2.05) is 12.4 Å². The van der Waals surface area contributed by atoms with Crippen LogP contribution < -0.4 is 4.74 Å². The molecule has 1 saturated heterocycles. The van der Waals surface area contributed by atoms with Crippen molar-refractivity contribution in [3.8, 4) is 5.75 Å². The van der Waals surface area contributed by atoms with Gasteiger partial charge in [0.05, 0.1) is 17.8 Å². The fourth-order valence-electron chi connectivity index (χ4n) is 2.77. The van der Waals surface area contributed by atoms with Crippen LogP contribution in [0.2, 0.25) is 0 Å². The lowest BCUT2D eigenvalue weighted by atomic mass is 10.2. The van der Waals surface area contributed by atoms with Gasteiger partial charge in [0.15, 0.2) is 0 Å². The minimum atomic E-state index is 0.723. The van der Waals surface area contributed by atoms with Crippen LogP contribution in [-0.2, 0) is 13.1 Å². The second-order valence-electron chi connectivity index (χ2n) is 5.61. The Labute approximate surface area is 136 Å². The Balaban J connectivity index is 1.45. The minimum absolute atomic E-state index is 0.723. The summed E-state index contributed by atoms with van der Waals surface area (Å²) in [6.07, 6.45) is 0. The molecule has 0 saturated carbocycles. The van der Waals surface area contributed by atoms with Crippen LogP contribution in [0.4, 0.5) is 0 Å². The monoisotopic (exact) mass is 317 g/mol. The molecule has 1 aliphatic heterocycles. The Kier molecular flexibility index (Phi) is 5.43. The molecule has 0 unspecified atom stereocenters. The first-order valence-corrected chi connectivity index (χ1v) is 8.81. The summed E-state index contributed by atoms with van der Waals surface area (Å²) in [5, 5.41) is 2.15. The molecular weight excluding hydrogens is 294 g/mol. The van der Waals surface area contributed by atoms with Gasteiger partial charge in [-0.3, -0.25) is 9.80 Å². The van der Waals surface area contributed by atoms with Crippen LogP contribution in [0.25, 0.3) is 0 Å². The van der Waals surface area contributed by atoms with Gasteiger partial charge in [-0.25, -0.2) is 4.98 Å². The van der Waals surface area contributed by atoms with Crippen molar-refractivity contribution >= 4 is 11.3 Å². The Hall–Kier alpha value is -1.43. The number of benzene rings is 1. The number of hydrogen-bond donors (Lipinski definition) is 0. The van der Waals surface area contributed by atoms with Crippen molar-refractivity contribution < 1.29 is 4.74 Å². The third kappa shape index (κ3) is 4.29. The Bertz CT molecular complexity index is 548. The molecule has 1 aliphatic rings. The summed E-state index contributed by atoms with van der Waals surface area (Å²) in [4.78, 5) is 9.38. The van der Waals surface area contributed by atoms with Gasteiger partial charge in [0.2, 0.25) is 0 Å². The normalized spacial score (nSPS) is 16.8. The van der Waals surface area contributed by atoms with Gasteiger partial charge < -0.3 is 4.74 Å². The zero-order valence-corrected chi connectivity index (χ0v) is 13.9. The van der Waals surface area contributed by atoms with E-state index < -0.39 is 0 Å². The van der Waals surface area contributed by atoms with Gasteiger partial charge in [0, 0.05) is 44.6 Å². The zero-order chi connectivity index (χ0) is 15.2. The van der Waals surface area contributed by atoms with E-state index >= 15 is 0 Å². The molecule has 2 aromatic rings. The number of nitrogens with zero attached hydrogens (tertiary/aromatic N) is 3. The lowest BCUT2D eigenvalue weighted by Gasteiger charge is -2.34. The molecule has 2 heterocycles. The first kappa shape index (κ1) is 15.5. The van der Waals surface area contributed by atoms with Gasteiger partial charge in [0.25, 0.3) is 0 Å². The van der Waals surface area contributed by atoms with E-state index in [0.29, 0.717) is 0 Å². The Morgan fingerprint density at radius 3 is 2.32 bits per heavy atom. The van der Waals surface area contributed by atoms with Crippen LogP contribution in [0.3, 0.4) is 0 Å². The molecule has 22 heavy (non-hydrogen) atoms. The summed E-state index contributed by atoms with van der Waals surface area (Å²) in [6.45, 7) is 9.23. The lowest BCUT2D eigenvalue weighted by Crippen LogP contribution is -2.45. The lowest BCUT2D eigenvalue weighted by molar-refractivity contribution is 0.121. The van der Waals surface area contributed by atoms with Crippen molar-refractivity contribution in [3.63, 3.8) is 0 Å². The summed E-state index contributed by atoms with van der Waals surface area (Å²) < 4.78 is 5.49. The quantitative estimate of drug-likeness (QED) is 0.819. The highest BCUT2D eigenvalue weighted by Gasteiger charge is 2.17. The highest BCUT2D eigenvalue weighted by molar-refractivity contribution is 7.07. The van der Waals surface area contributed by atoms with E-state index in [2.05, 4.69) is 44.4 Å². The molecule has 0 bridgehead atoms. The number of ether oxygens (including phenoxy) is 1. The van der Waals surface area contributed by atoms with Crippen LogP contribution in [0, 0.1) is 0 Å². The van der Waals surface area contributed by atoms with Crippen molar-refractivity contribution in [2.24, 2.45) is 0 Å². The molecule has 1 fully saturated rings. The molecule has 5 heteroatoms. The second kappa shape index (κ2) is 7.72. The Morgan fingerprint density at radius 1 is 1.05 bits per heavy atom. The van der Waals surface area contributed by atoms with E-state index in [4.69, 9.17) is 4.74 Å². The van der Waals surface area contributed by atoms with Crippen LogP contribution in [0.15, 0.2) is 35.2 Å². The first-order chi connectivity index (χ1) is 10.8. The van der Waals surface area contributed by atoms with Crippen molar-refractivity contribution in [2.45, 2.75) is 20.0 Å². The van der Waals surface area contributed by atoms with E-state index in [0.717, 1.165) is 51.6 Å². The minimum Gasteiger partial charge on any atom is -0.494 e. The van der Waals surface area contributed by atoms with Crippen molar-refractivity contribution in [2.75, 3.05) is 32.8 Å². The summed E-state index contributed by atoms with van der Waals surface area (Å²) in [5.41, 5.74) is 4.47. The number of rotatable bonds is 6. The molecule has 4 nitrogen and oxygen atoms in total. The van der Waals surface area contributed by atoms with Crippen LogP contribution in [0.1, 0.15) is 18.2 Å². The van der Waals surface area contributed by atoms with Gasteiger partial charge in [-0.05, 0) is 24.6 Å². The maximum atomic E-state index is 5.49. The zero-order valence-electron chi connectivity index (χ0n) is 13.1. The molecule has 0 atom stereocenters. The maximum Gasteiger partial charge on any atom is 0.119 e. The molecule has 3 rings (SSSR count). The SMILES string of the molecule is CCOc1ccc(CN2CCN(Cc3cscn3)CC2)cc1. The van der Waals surface area contributed by atoms with Crippen molar-refractivity contribution in [1.82, 2.24) is 14.8 Å². The predicted molar refractivity (Wildman–Crippen MR) is 90.3 cm³/mol. The third-order valence-electron chi connectivity index (χ3n) is 3.97. The molecule has 1 aromatic heterocycles. The molecule has 0 N–H and O–H groups in total. The van der Waals surface area contributed by atoms with E-state index in [9.17, 15) is 0 Å². The average molecular weight is 317 g/mol. The fourth-order valence-corrected chi connectivity index (χ4v) is 3.32. The van der Waals surface area contributed by atoms with E-state index in [1.54, 1.807) is 11.3 Å². The first-order valence-electron chi connectivity index (χ1n) is 7.87. The highest BCUT2D eigenvalue weighted by Crippen LogP contribution is 2.15. The van der Waals surface area contributed by atoms with Crippen molar-refractivity contribution in [1.29, 1.82) is 0 Å². The van der Waals surface area contributed by atoms with E-state index in [1.165, 1.54) is 11.3 Å². The summed E-state index contributed by atoms with van der Waals surface area (Å²) in [6, 6.07) is 8.48. The van der Waals surface area contributed by atoms with Crippen LogP contribution >= 0.6 is 11.3 Å². The van der Waals surface area contributed by atoms with Crippen LogP contribution in [0.5, 0.6) is 5.75 Å². The van der Waals surface area contributed by atoms with Gasteiger partial charge in [-0.1, -0.05) is 12.1 Å². The smallest absolute Gasteiger partial charge is 0.119 e. The standard InChI is InChI=1S/C17H23N3OS/c1-2-21-17-5-3-15(4-6-17)11-19-7-9-20(10-8-19)12-16-13-22-14-18-16/h3-6,13-14H,2,7-12H2,1H3.